The van der Waals surface area contributed by atoms with E-state index in [2.05, 4.69) is 25.3 Å². The second-order valence-corrected chi connectivity index (χ2v) is 4.80. The summed E-state index contributed by atoms with van der Waals surface area (Å²) in [5.41, 5.74) is 10.0. The number of carboxylic acid groups (broad SMARTS) is 2. The van der Waals surface area contributed by atoms with Gasteiger partial charge in [0, 0.05) is 10.5 Å². The van der Waals surface area contributed by atoms with E-state index in [1.54, 1.807) is 13.8 Å². The molecule has 0 amide bonds. The average Bonchev–Trinajstić information content (AvgIpc) is 2.15. The number of thiol groups is 2. The van der Waals surface area contributed by atoms with Crippen LogP contribution in [-0.4, -0.2) is 34.5 Å². The molecule has 0 rings (SSSR count). The fourth-order valence-corrected chi connectivity index (χ4v) is 0.637. The van der Waals surface area contributed by atoms with Gasteiger partial charge in [-0.15, -0.1) is 0 Å². The normalized spacial score (nSPS) is 16.4. The predicted molar refractivity (Wildman–Crippen MR) is 62.9 cm³/mol. The van der Waals surface area contributed by atoms with Crippen LogP contribution in [0.15, 0.2) is 0 Å². The quantitative estimate of drug-likeness (QED) is 0.316. The summed E-state index contributed by atoms with van der Waals surface area (Å²) in [5, 5.41) is 19.0. The molecule has 0 aliphatic rings. The number of nitrogens with two attached hydrogens (primary N) is 2. The Morgan fingerprint density at radius 3 is 1.12 bits per heavy atom. The van der Waals surface area contributed by atoms with Crippen LogP contribution in [0.3, 0.4) is 0 Å². The summed E-state index contributed by atoms with van der Waals surface area (Å²) < 4.78 is 0. The van der Waals surface area contributed by atoms with Crippen molar-refractivity contribution >= 4 is 37.2 Å². The monoisotopic (exact) mass is 331 g/mol. The Morgan fingerprint density at radius 1 is 0.941 bits per heavy atom. The number of hydrogen-bond donors (Lipinski definition) is 4. The van der Waals surface area contributed by atoms with Gasteiger partial charge in [-0.2, -0.15) is 25.3 Å². The van der Waals surface area contributed by atoms with E-state index in [-0.39, 0.29) is 27.6 Å². The summed E-state index contributed by atoms with van der Waals surface area (Å²) in [5.74, 6) is -2.51. The molecule has 0 heterocycles. The second kappa shape index (κ2) is 11.2. The third kappa shape index (κ3) is 12.3. The molecular formula is C8H16CuN2O4S2. The van der Waals surface area contributed by atoms with Gasteiger partial charge in [0.15, 0.2) is 0 Å². The molecule has 4 N–H and O–H groups in total. The molecule has 0 saturated heterocycles. The molecule has 0 aromatic carbocycles. The van der Waals surface area contributed by atoms with E-state index >= 15 is 0 Å². The van der Waals surface area contributed by atoms with Crippen molar-refractivity contribution in [1.82, 2.24) is 0 Å². The topological polar surface area (TPSA) is 132 Å². The second-order valence-electron chi connectivity index (χ2n) is 3.17. The van der Waals surface area contributed by atoms with Crippen LogP contribution in [-0.2, 0) is 26.7 Å². The SMILES string of the molecule is CC(S)[C@H](N)C(=O)[O-].CC(S)[C@H](N)C(=O)[O-].[Cu+2]. The van der Waals surface area contributed by atoms with Crippen LogP contribution in [0.1, 0.15) is 13.8 Å². The summed E-state index contributed by atoms with van der Waals surface area (Å²) in [6.45, 7) is 3.20. The minimum absolute atomic E-state index is 0. The molecule has 0 aliphatic heterocycles. The molecule has 0 aromatic heterocycles. The maximum absolute atomic E-state index is 9.86. The van der Waals surface area contributed by atoms with Crippen molar-refractivity contribution in [3.8, 4) is 0 Å². The summed E-state index contributed by atoms with van der Waals surface area (Å²) in [6, 6.07) is -1.92. The maximum Gasteiger partial charge on any atom is 2.00 e. The molecular weight excluding hydrogens is 316 g/mol. The number of carboxylic acids is 2. The fourth-order valence-electron chi connectivity index (χ4n) is 0.394. The van der Waals surface area contributed by atoms with E-state index < -0.39 is 24.0 Å². The van der Waals surface area contributed by atoms with E-state index in [0.29, 0.717) is 0 Å². The zero-order valence-electron chi connectivity index (χ0n) is 9.29. The van der Waals surface area contributed by atoms with Crippen molar-refractivity contribution in [2.75, 3.05) is 0 Å². The third-order valence-electron chi connectivity index (χ3n) is 1.58. The van der Waals surface area contributed by atoms with Gasteiger partial charge in [0.1, 0.15) is 0 Å². The molecule has 6 nitrogen and oxygen atoms in total. The smallest absolute Gasteiger partial charge is 0.548 e. The van der Waals surface area contributed by atoms with Crippen LogP contribution in [0.2, 0.25) is 0 Å². The van der Waals surface area contributed by atoms with E-state index in [9.17, 15) is 19.8 Å². The molecule has 105 valence electrons. The first kappa shape index (κ1) is 22.3. The van der Waals surface area contributed by atoms with E-state index in [0.717, 1.165) is 0 Å². The molecule has 9 heteroatoms. The first-order chi connectivity index (χ1) is 7.11. The number of hydrogen-bond acceptors (Lipinski definition) is 8. The van der Waals surface area contributed by atoms with E-state index in [1.165, 1.54) is 0 Å². The van der Waals surface area contributed by atoms with Gasteiger partial charge in [-0.05, 0) is 0 Å². The van der Waals surface area contributed by atoms with Gasteiger partial charge in [0.05, 0.1) is 24.0 Å². The minimum atomic E-state index is -1.26. The van der Waals surface area contributed by atoms with Crippen molar-refractivity contribution < 1.29 is 36.9 Å². The molecule has 0 bridgehead atoms. The van der Waals surface area contributed by atoms with Gasteiger partial charge in [-0.3, -0.25) is 0 Å². The molecule has 2 unspecified atom stereocenters. The fraction of sp³-hybridized carbons (Fsp3) is 0.750. The molecule has 0 aromatic rings. The first-order valence-corrected chi connectivity index (χ1v) is 5.43. The zero-order valence-corrected chi connectivity index (χ0v) is 12.0. The molecule has 0 spiro atoms. The number of carbonyl (C=O) groups is 2. The van der Waals surface area contributed by atoms with E-state index in [1.807, 2.05) is 0 Å². The average molecular weight is 332 g/mol. The minimum Gasteiger partial charge on any atom is -0.548 e. The number of carbonyl (C=O) groups excluding carboxylic acids is 2. The number of aliphatic carboxylic acids is 2. The molecule has 0 saturated carbocycles. The molecule has 17 heavy (non-hydrogen) atoms. The molecule has 4 atom stereocenters. The first-order valence-electron chi connectivity index (χ1n) is 4.40. The van der Waals surface area contributed by atoms with Gasteiger partial charge >= 0.3 is 17.1 Å². The van der Waals surface area contributed by atoms with Gasteiger partial charge in [0.25, 0.3) is 0 Å². The van der Waals surface area contributed by atoms with Crippen LogP contribution in [0.5, 0.6) is 0 Å². The third-order valence-corrected chi connectivity index (χ3v) is 2.23. The van der Waals surface area contributed by atoms with Gasteiger partial charge in [-0.25, -0.2) is 0 Å². The Labute approximate surface area is 122 Å². The Bertz CT molecular complexity index is 218. The molecule has 0 fully saturated rings. The number of rotatable bonds is 4. The van der Waals surface area contributed by atoms with Crippen LogP contribution in [0.4, 0.5) is 0 Å². The van der Waals surface area contributed by atoms with Crippen LogP contribution in [0, 0.1) is 0 Å². The van der Waals surface area contributed by atoms with Crippen molar-refractivity contribution in [1.29, 1.82) is 0 Å². The van der Waals surface area contributed by atoms with Crippen LogP contribution >= 0.6 is 25.3 Å². The summed E-state index contributed by atoms with van der Waals surface area (Å²) >= 11 is 7.57. The molecule has 1 radical (unpaired) electrons. The zero-order chi connectivity index (χ0) is 13.5. The Balaban J connectivity index is -0.000000218. The summed E-state index contributed by atoms with van der Waals surface area (Å²) in [7, 11) is 0. The maximum atomic E-state index is 9.86. The Kier molecular flexibility index (Phi) is 14.7. The van der Waals surface area contributed by atoms with Crippen molar-refractivity contribution in [2.24, 2.45) is 11.5 Å². The van der Waals surface area contributed by atoms with Crippen LogP contribution < -0.4 is 21.7 Å². The van der Waals surface area contributed by atoms with Crippen molar-refractivity contribution in [3.05, 3.63) is 0 Å². The van der Waals surface area contributed by atoms with E-state index in [4.69, 9.17) is 11.5 Å². The van der Waals surface area contributed by atoms with Gasteiger partial charge in [-0.1, -0.05) is 13.8 Å². The molecule has 0 aliphatic carbocycles. The largest absolute Gasteiger partial charge is 2.00 e. The summed E-state index contributed by atoms with van der Waals surface area (Å²) in [4.78, 5) is 19.7. The Hall–Kier alpha value is 0.0795. The van der Waals surface area contributed by atoms with Crippen molar-refractivity contribution in [2.45, 2.75) is 36.4 Å². The van der Waals surface area contributed by atoms with Gasteiger partial charge in [0.2, 0.25) is 0 Å². The van der Waals surface area contributed by atoms with Gasteiger partial charge < -0.3 is 31.3 Å². The predicted octanol–water partition coefficient (Wildman–Crippen LogP) is -3.24. The standard InChI is InChI=1S/2C4H9NO2S.Cu/c2*1-2(8)3(5)4(6)7;/h2*2-3,8H,5H2,1H3,(H,6,7);/q;;+2/p-2/t2*2?,3-;/m00./s1. The van der Waals surface area contributed by atoms with Crippen molar-refractivity contribution in [3.63, 3.8) is 0 Å². The summed E-state index contributed by atoms with van der Waals surface area (Å²) in [6.07, 6.45) is 0. The Morgan fingerprint density at radius 2 is 1.12 bits per heavy atom. The van der Waals surface area contributed by atoms with Crippen LogP contribution in [0.25, 0.3) is 0 Å².